The average molecular weight is 308 g/mol. The summed E-state index contributed by atoms with van der Waals surface area (Å²) in [5.74, 6) is -0.300. The number of ether oxygens (including phenoxy) is 1. The standard InChI is InChI=1S/C16H21FN2O3/c1-22-16(21)19-10-7-13(8-11-19)15(20)18-9-6-12-2-4-14(17)5-3-12/h2-5,13H,6-11H2,1H3,(H,18,20). The zero-order chi connectivity index (χ0) is 15.9. The number of nitrogens with zero attached hydrogens (tertiary/aromatic N) is 1. The summed E-state index contributed by atoms with van der Waals surface area (Å²) in [6, 6.07) is 6.27. The van der Waals surface area contributed by atoms with Crippen LogP contribution in [0.5, 0.6) is 0 Å². The number of methoxy groups -OCH3 is 1. The van der Waals surface area contributed by atoms with E-state index in [9.17, 15) is 14.0 Å². The van der Waals surface area contributed by atoms with Gasteiger partial charge in [-0.3, -0.25) is 4.79 Å². The molecule has 0 saturated carbocycles. The second-order valence-corrected chi connectivity index (χ2v) is 5.40. The molecular weight excluding hydrogens is 287 g/mol. The number of halogens is 1. The number of carbonyl (C=O) groups is 2. The Balaban J connectivity index is 1.70. The van der Waals surface area contributed by atoms with Gasteiger partial charge in [0.1, 0.15) is 5.82 Å². The van der Waals surface area contributed by atoms with Gasteiger partial charge in [0.05, 0.1) is 7.11 Å². The van der Waals surface area contributed by atoms with Crippen LogP contribution < -0.4 is 5.32 Å². The molecule has 6 heteroatoms. The molecule has 1 aromatic carbocycles. The quantitative estimate of drug-likeness (QED) is 0.925. The molecule has 1 saturated heterocycles. The van der Waals surface area contributed by atoms with E-state index in [1.807, 2.05) is 0 Å². The van der Waals surface area contributed by atoms with Crippen LogP contribution in [0.4, 0.5) is 9.18 Å². The number of amides is 2. The molecule has 0 spiro atoms. The lowest BCUT2D eigenvalue weighted by Gasteiger charge is -2.30. The molecular formula is C16H21FN2O3. The summed E-state index contributed by atoms with van der Waals surface area (Å²) in [5.41, 5.74) is 0.988. The van der Waals surface area contributed by atoms with Gasteiger partial charge in [-0.2, -0.15) is 0 Å². The molecule has 1 fully saturated rings. The Labute approximate surface area is 129 Å². The molecule has 0 radical (unpaired) electrons. The third kappa shape index (κ3) is 4.44. The van der Waals surface area contributed by atoms with Crippen LogP contribution in [0.3, 0.4) is 0 Å². The molecule has 0 aliphatic carbocycles. The summed E-state index contributed by atoms with van der Waals surface area (Å²) in [7, 11) is 1.36. The smallest absolute Gasteiger partial charge is 0.409 e. The molecule has 0 unspecified atom stereocenters. The fourth-order valence-electron chi connectivity index (χ4n) is 2.58. The van der Waals surface area contributed by atoms with Gasteiger partial charge in [0.2, 0.25) is 5.91 Å². The van der Waals surface area contributed by atoms with E-state index in [1.165, 1.54) is 19.2 Å². The van der Waals surface area contributed by atoms with Crippen LogP contribution in [0.15, 0.2) is 24.3 Å². The van der Waals surface area contributed by atoms with Gasteiger partial charge in [0.15, 0.2) is 0 Å². The van der Waals surface area contributed by atoms with Gasteiger partial charge in [-0.1, -0.05) is 12.1 Å². The van der Waals surface area contributed by atoms with Crippen molar-refractivity contribution in [3.8, 4) is 0 Å². The monoisotopic (exact) mass is 308 g/mol. The topological polar surface area (TPSA) is 58.6 Å². The maximum absolute atomic E-state index is 12.8. The molecule has 1 aliphatic heterocycles. The van der Waals surface area contributed by atoms with Crippen molar-refractivity contribution in [2.45, 2.75) is 19.3 Å². The first kappa shape index (κ1) is 16.3. The maximum atomic E-state index is 12.8. The minimum absolute atomic E-state index is 0.0200. The molecule has 0 atom stereocenters. The lowest BCUT2D eigenvalue weighted by molar-refractivity contribution is -0.126. The Bertz CT molecular complexity index is 511. The van der Waals surface area contributed by atoms with Crippen LogP contribution in [0, 0.1) is 11.7 Å². The van der Waals surface area contributed by atoms with E-state index in [4.69, 9.17) is 0 Å². The van der Waals surface area contributed by atoms with E-state index in [2.05, 4.69) is 10.1 Å². The predicted octanol–water partition coefficient (Wildman–Crippen LogP) is 1.96. The van der Waals surface area contributed by atoms with Crippen LogP contribution in [0.25, 0.3) is 0 Å². The van der Waals surface area contributed by atoms with Gasteiger partial charge in [0.25, 0.3) is 0 Å². The molecule has 120 valence electrons. The van der Waals surface area contributed by atoms with Crippen LogP contribution in [0.2, 0.25) is 0 Å². The van der Waals surface area contributed by atoms with Gasteiger partial charge in [-0.05, 0) is 37.0 Å². The van der Waals surface area contributed by atoms with Gasteiger partial charge in [-0.25, -0.2) is 9.18 Å². The fourth-order valence-corrected chi connectivity index (χ4v) is 2.58. The Morgan fingerprint density at radius 1 is 1.27 bits per heavy atom. The molecule has 5 nitrogen and oxygen atoms in total. The normalized spacial score (nSPS) is 15.5. The summed E-state index contributed by atoms with van der Waals surface area (Å²) in [6.07, 6.45) is 1.64. The zero-order valence-electron chi connectivity index (χ0n) is 12.7. The molecule has 2 amide bonds. The third-order valence-corrected chi connectivity index (χ3v) is 3.92. The molecule has 0 bridgehead atoms. The second kappa shape index (κ2) is 7.77. The second-order valence-electron chi connectivity index (χ2n) is 5.40. The van der Waals surface area contributed by atoms with Crippen molar-refractivity contribution in [3.63, 3.8) is 0 Å². The molecule has 0 aromatic heterocycles. The highest BCUT2D eigenvalue weighted by molar-refractivity contribution is 5.79. The Hall–Kier alpha value is -2.11. The first-order valence-corrected chi connectivity index (χ1v) is 7.45. The minimum atomic E-state index is -0.338. The molecule has 1 aromatic rings. The zero-order valence-corrected chi connectivity index (χ0v) is 12.7. The molecule has 1 N–H and O–H groups in total. The number of hydrogen-bond acceptors (Lipinski definition) is 3. The number of carbonyl (C=O) groups excluding carboxylic acids is 2. The van der Waals surface area contributed by atoms with Gasteiger partial charge in [0, 0.05) is 25.6 Å². The molecule has 1 aliphatic rings. The number of nitrogens with one attached hydrogen (secondary N) is 1. The summed E-state index contributed by atoms with van der Waals surface area (Å²) in [6.45, 7) is 1.62. The Morgan fingerprint density at radius 3 is 2.50 bits per heavy atom. The average Bonchev–Trinajstić information content (AvgIpc) is 2.56. The van der Waals surface area contributed by atoms with E-state index in [0.29, 0.717) is 38.9 Å². The third-order valence-electron chi connectivity index (χ3n) is 3.92. The van der Waals surface area contributed by atoms with Crippen LogP contribution in [-0.2, 0) is 16.0 Å². The fraction of sp³-hybridized carbons (Fsp3) is 0.500. The highest BCUT2D eigenvalue weighted by Crippen LogP contribution is 2.17. The number of rotatable bonds is 4. The number of likely N-dealkylation sites (tertiary alicyclic amines) is 1. The Kier molecular flexibility index (Phi) is 5.75. The predicted molar refractivity (Wildman–Crippen MR) is 79.8 cm³/mol. The van der Waals surface area contributed by atoms with Crippen molar-refractivity contribution in [2.24, 2.45) is 5.92 Å². The summed E-state index contributed by atoms with van der Waals surface area (Å²) in [4.78, 5) is 25.1. The van der Waals surface area contributed by atoms with Crippen LogP contribution >= 0.6 is 0 Å². The van der Waals surface area contributed by atoms with E-state index >= 15 is 0 Å². The van der Waals surface area contributed by atoms with Gasteiger partial charge < -0.3 is 15.0 Å². The van der Waals surface area contributed by atoms with Crippen LogP contribution in [0.1, 0.15) is 18.4 Å². The van der Waals surface area contributed by atoms with Gasteiger partial charge in [-0.15, -0.1) is 0 Å². The van der Waals surface area contributed by atoms with E-state index in [1.54, 1.807) is 17.0 Å². The molecule has 2 rings (SSSR count). The Morgan fingerprint density at radius 2 is 1.91 bits per heavy atom. The SMILES string of the molecule is COC(=O)N1CCC(C(=O)NCCc2ccc(F)cc2)CC1. The highest BCUT2D eigenvalue weighted by atomic mass is 19.1. The van der Waals surface area contributed by atoms with E-state index in [-0.39, 0.29) is 23.7 Å². The van der Waals surface area contributed by atoms with Gasteiger partial charge >= 0.3 is 6.09 Å². The van der Waals surface area contributed by atoms with Crippen molar-refractivity contribution in [1.82, 2.24) is 10.2 Å². The summed E-state index contributed by atoms with van der Waals surface area (Å²) in [5, 5.41) is 2.91. The minimum Gasteiger partial charge on any atom is -0.453 e. The lowest BCUT2D eigenvalue weighted by Crippen LogP contribution is -2.43. The number of piperidine rings is 1. The first-order valence-electron chi connectivity index (χ1n) is 7.45. The number of hydrogen-bond donors (Lipinski definition) is 1. The molecule has 1 heterocycles. The largest absolute Gasteiger partial charge is 0.453 e. The highest BCUT2D eigenvalue weighted by Gasteiger charge is 2.27. The van der Waals surface area contributed by atoms with Crippen molar-refractivity contribution < 1.29 is 18.7 Å². The number of benzene rings is 1. The molecule has 22 heavy (non-hydrogen) atoms. The van der Waals surface area contributed by atoms with Crippen LogP contribution in [-0.4, -0.2) is 43.6 Å². The van der Waals surface area contributed by atoms with E-state index in [0.717, 1.165) is 5.56 Å². The van der Waals surface area contributed by atoms with Crippen molar-refractivity contribution in [3.05, 3.63) is 35.6 Å². The maximum Gasteiger partial charge on any atom is 0.409 e. The van der Waals surface area contributed by atoms with E-state index < -0.39 is 0 Å². The van der Waals surface area contributed by atoms with Crippen molar-refractivity contribution in [1.29, 1.82) is 0 Å². The lowest BCUT2D eigenvalue weighted by atomic mass is 9.96. The summed E-state index contributed by atoms with van der Waals surface area (Å²) >= 11 is 0. The summed E-state index contributed by atoms with van der Waals surface area (Å²) < 4.78 is 17.5. The van der Waals surface area contributed by atoms with Crippen molar-refractivity contribution in [2.75, 3.05) is 26.7 Å². The first-order chi connectivity index (χ1) is 10.6. The van der Waals surface area contributed by atoms with Crippen molar-refractivity contribution >= 4 is 12.0 Å².